The largest absolute Gasteiger partial charge is 0.383 e. The number of aromatic nitrogens is 2. The van der Waals surface area contributed by atoms with E-state index in [-0.39, 0.29) is 11.5 Å². The van der Waals surface area contributed by atoms with Crippen molar-refractivity contribution in [2.45, 2.75) is 19.4 Å². The Bertz CT molecular complexity index is 803. The molecule has 132 valence electrons. The Hall–Kier alpha value is -2.18. The third kappa shape index (κ3) is 3.07. The highest BCUT2D eigenvalue weighted by atomic mass is 16.1. The molecule has 0 spiro atoms. The second-order valence-corrected chi connectivity index (χ2v) is 7.41. The smallest absolute Gasteiger partial charge is 0.354 e. The van der Waals surface area contributed by atoms with Crippen LogP contribution in [0.15, 0.2) is 41.3 Å². The first-order valence-electron chi connectivity index (χ1n) is 8.95. The van der Waals surface area contributed by atoms with Crippen LogP contribution in [-0.4, -0.2) is 40.1 Å². The molecule has 6 nitrogen and oxygen atoms in total. The average Bonchev–Trinajstić information content (AvgIpc) is 3.06. The maximum atomic E-state index is 11.9. The van der Waals surface area contributed by atoms with Gasteiger partial charge in [0.2, 0.25) is 0 Å². The topological polar surface area (TPSA) is 90.2 Å². The standard InChI is InChI=1S/C19H25N5O/c1-12(23-10-16-15(9-20)17(16)11-23)8-13-2-4-14(5-3-13)24-7-6-18(21)22-19(24)25/h2-7,12,15-17H,8-11,20H2,1H3,(H2,21,22,25)/t12?,15-,16-,17+. The van der Waals surface area contributed by atoms with Gasteiger partial charge in [-0.3, -0.25) is 9.47 Å². The quantitative estimate of drug-likeness (QED) is 0.844. The van der Waals surface area contributed by atoms with Crippen molar-refractivity contribution in [3.63, 3.8) is 0 Å². The van der Waals surface area contributed by atoms with E-state index < -0.39 is 0 Å². The minimum atomic E-state index is -0.355. The molecule has 0 amide bonds. The van der Waals surface area contributed by atoms with Gasteiger partial charge in [0.1, 0.15) is 5.82 Å². The molecule has 4 atom stereocenters. The van der Waals surface area contributed by atoms with Crippen LogP contribution < -0.4 is 17.2 Å². The zero-order chi connectivity index (χ0) is 17.6. The number of fused-ring (bicyclic) bond motifs is 1. The lowest BCUT2D eigenvalue weighted by Gasteiger charge is -2.27. The highest BCUT2D eigenvalue weighted by Gasteiger charge is 2.54. The molecule has 4 N–H and O–H groups in total. The molecule has 0 radical (unpaired) electrons. The van der Waals surface area contributed by atoms with E-state index in [2.05, 4.69) is 28.9 Å². The van der Waals surface area contributed by atoms with E-state index in [0.717, 1.165) is 36.4 Å². The second-order valence-electron chi connectivity index (χ2n) is 7.41. The van der Waals surface area contributed by atoms with Crippen LogP contribution >= 0.6 is 0 Å². The predicted octanol–water partition coefficient (Wildman–Crippen LogP) is 0.882. The van der Waals surface area contributed by atoms with Crippen molar-refractivity contribution in [1.29, 1.82) is 0 Å². The lowest BCUT2D eigenvalue weighted by Crippen LogP contribution is -2.35. The summed E-state index contributed by atoms with van der Waals surface area (Å²) in [5.74, 6) is 2.68. The van der Waals surface area contributed by atoms with Crippen molar-refractivity contribution in [3.8, 4) is 5.69 Å². The van der Waals surface area contributed by atoms with Crippen LogP contribution in [0.1, 0.15) is 12.5 Å². The molecule has 1 saturated carbocycles. The van der Waals surface area contributed by atoms with Gasteiger partial charge in [-0.25, -0.2) is 4.79 Å². The highest BCUT2D eigenvalue weighted by Crippen LogP contribution is 2.51. The number of nitrogen functional groups attached to an aromatic ring is 1. The van der Waals surface area contributed by atoms with Gasteiger partial charge in [0.15, 0.2) is 0 Å². The molecule has 2 aliphatic rings. The molecular formula is C19H25N5O. The fourth-order valence-electron chi connectivity index (χ4n) is 4.27. The fraction of sp³-hybridized carbons (Fsp3) is 0.474. The van der Waals surface area contributed by atoms with Crippen LogP contribution in [-0.2, 0) is 6.42 Å². The maximum absolute atomic E-state index is 11.9. The normalized spacial score (nSPS) is 26.4. The fourth-order valence-corrected chi connectivity index (χ4v) is 4.27. The summed E-state index contributed by atoms with van der Waals surface area (Å²) in [4.78, 5) is 18.3. The van der Waals surface area contributed by atoms with Gasteiger partial charge >= 0.3 is 5.69 Å². The van der Waals surface area contributed by atoms with Gasteiger partial charge in [-0.2, -0.15) is 4.98 Å². The molecule has 2 fully saturated rings. The van der Waals surface area contributed by atoms with Gasteiger partial charge in [0.05, 0.1) is 5.69 Å². The lowest BCUT2D eigenvalue weighted by atomic mass is 10.0. The molecule has 25 heavy (non-hydrogen) atoms. The SMILES string of the molecule is CC(Cc1ccc(-n2ccc(N)nc2=O)cc1)N1C[C@@H]2[C@@H](CN)[C@@H]2C1. The van der Waals surface area contributed by atoms with Crippen molar-refractivity contribution in [2.24, 2.45) is 23.5 Å². The summed E-state index contributed by atoms with van der Waals surface area (Å²) in [6.07, 6.45) is 2.68. The van der Waals surface area contributed by atoms with Crippen LogP contribution in [0.25, 0.3) is 5.69 Å². The molecule has 1 aromatic carbocycles. The Balaban J connectivity index is 1.40. The van der Waals surface area contributed by atoms with Crippen molar-refractivity contribution in [1.82, 2.24) is 14.5 Å². The second kappa shape index (κ2) is 6.28. The maximum Gasteiger partial charge on any atom is 0.354 e. The number of anilines is 1. The summed E-state index contributed by atoms with van der Waals surface area (Å²) >= 11 is 0. The Morgan fingerprint density at radius 2 is 1.88 bits per heavy atom. The number of nitrogens with two attached hydrogens (primary N) is 2. The Labute approximate surface area is 147 Å². The van der Waals surface area contributed by atoms with Crippen molar-refractivity contribution in [2.75, 3.05) is 25.4 Å². The van der Waals surface area contributed by atoms with Gasteiger partial charge < -0.3 is 11.5 Å². The van der Waals surface area contributed by atoms with Crippen molar-refractivity contribution in [3.05, 3.63) is 52.6 Å². The zero-order valence-electron chi connectivity index (χ0n) is 14.5. The van der Waals surface area contributed by atoms with Gasteiger partial charge in [0.25, 0.3) is 0 Å². The van der Waals surface area contributed by atoms with Crippen LogP contribution in [0.5, 0.6) is 0 Å². The van der Waals surface area contributed by atoms with Gasteiger partial charge in [0, 0.05) is 25.3 Å². The number of nitrogens with zero attached hydrogens (tertiary/aromatic N) is 3. The van der Waals surface area contributed by atoms with Crippen LogP contribution in [0.3, 0.4) is 0 Å². The molecule has 0 bridgehead atoms. The molecule has 1 aromatic heterocycles. The minimum absolute atomic E-state index is 0.243. The van der Waals surface area contributed by atoms with Crippen LogP contribution in [0, 0.1) is 17.8 Å². The van der Waals surface area contributed by atoms with E-state index in [1.54, 1.807) is 12.3 Å². The molecule has 1 saturated heterocycles. The summed E-state index contributed by atoms with van der Waals surface area (Å²) in [7, 11) is 0. The molecule has 4 rings (SSSR count). The average molecular weight is 339 g/mol. The van der Waals surface area contributed by atoms with Crippen LogP contribution in [0.4, 0.5) is 5.82 Å². The first-order chi connectivity index (χ1) is 12.1. The first-order valence-corrected chi connectivity index (χ1v) is 8.95. The molecule has 1 aliphatic carbocycles. The molecule has 2 aromatic rings. The Morgan fingerprint density at radius 1 is 1.20 bits per heavy atom. The predicted molar refractivity (Wildman–Crippen MR) is 98.5 cm³/mol. The van der Waals surface area contributed by atoms with E-state index in [4.69, 9.17) is 11.5 Å². The number of likely N-dealkylation sites (tertiary alicyclic amines) is 1. The van der Waals surface area contributed by atoms with Crippen molar-refractivity contribution >= 4 is 5.82 Å². The Morgan fingerprint density at radius 3 is 2.48 bits per heavy atom. The van der Waals surface area contributed by atoms with E-state index in [1.165, 1.54) is 23.2 Å². The number of hydrogen-bond acceptors (Lipinski definition) is 5. The summed E-state index contributed by atoms with van der Waals surface area (Å²) in [6.45, 7) is 5.53. The number of rotatable bonds is 5. The number of hydrogen-bond donors (Lipinski definition) is 2. The molecule has 2 heterocycles. The van der Waals surface area contributed by atoms with Gasteiger partial charge in [-0.05, 0) is 61.4 Å². The first kappa shape index (κ1) is 16.3. The van der Waals surface area contributed by atoms with Gasteiger partial charge in [-0.1, -0.05) is 12.1 Å². The van der Waals surface area contributed by atoms with Crippen molar-refractivity contribution < 1.29 is 0 Å². The van der Waals surface area contributed by atoms with E-state index in [0.29, 0.717) is 6.04 Å². The summed E-state index contributed by atoms with van der Waals surface area (Å²) in [6, 6.07) is 10.3. The molecule has 6 heteroatoms. The van der Waals surface area contributed by atoms with E-state index in [9.17, 15) is 4.79 Å². The lowest BCUT2D eigenvalue weighted by molar-refractivity contribution is 0.220. The summed E-state index contributed by atoms with van der Waals surface area (Å²) in [5.41, 5.74) is 13.1. The van der Waals surface area contributed by atoms with E-state index in [1.807, 2.05) is 12.1 Å². The number of benzene rings is 1. The third-order valence-corrected chi connectivity index (χ3v) is 5.87. The summed E-state index contributed by atoms with van der Waals surface area (Å²) in [5, 5.41) is 0. The van der Waals surface area contributed by atoms with Gasteiger partial charge in [-0.15, -0.1) is 0 Å². The number of piperidine rings is 1. The monoisotopic (exact) mass is 339 g/mol. The molecule has 1 unspecified atom stereocenters. The van der Waals surface area contributed by atoms with E-state index >= 15 is 0 Å². The molecule has 1 aliphatic heterocycles. The molecular weight excluding hydrogens is 314 g/mol. The zero-order valence-corrected chi connectivity index (χ0v) is 14.5. The highest BCUT2D eigenvalue weighted by molar-refractivity contribution is 5.36. The third-order valence-electron chi connectivity index (χ3n) is 5.87. The Kier molecular flexibility index (Phi) is 4.09. The summed E-state index contributed by atoms with van der Waals surface area (Å²) < 4.78 is 1.50. The minimum Gasteiger partial charge on any atom is -0.383 e. The van der Waals surface area contributed by atoms with Crippen LogP contribution in [0.2, 0.25) is 0 Å².